The van der Waals surface area contributed by atoms with Gasteiger partial charge in [-0.25, -0.2) is 0 Å². The first-order valence-electron chi connectivity index (χ1n) is 14.6. The molecule has 4 aliphatic rings. The molecule has 6 rings (SSSR count). The van der Waals surface area contributed by atoms with Gasteiger partial charge < -0.3 is 25.3 Å². The predicted octanol–water partition coefficient (Wildman–Crippen LogP) is 2.50. The van der Waals surface area contributed by atoms with Crippen molar-refractivity contribution in [3.8, 4) is 16.9 Å². The van der Waals surface area contributed by atoms with Crippen molar-refractivity contribution >= 4 is 23.4 Å². The minimum Gasteiger partial charge on any atom is -0.390 e. The Balaban J connectivity index is 1.36. The molecule has 2 aromatic carbocycles. The van der Waals surface area contributed by atoms with Gasteiger partial charge in [0.1, 0.15) is 30.1 Å². The van der Waals surface area contributed by atoms with Crippen LogP contribution in [0.3, 0.4) is 0 Å². The van der Waals surface area contributed by atoms with Gasteiger partial charge in [0, 0.05) is 30.5 Å². The molecule has 2 aliphatic carbocycles. The average molecular weight is 588 g/mol. The van der Waals surface area contributed by atoms with Crippen LogP contribution in [0.5, 0.6) is 5.75 Å². The van der Waals surface area contributed by atoms with Crippen molar-refractivity contribution in [2.24, 2.45) is 16.5 Å². The van der Waals surface area contributed by atoms with Gasteiger partial charge in [-0.3, -0.25) is 19.7 Å². The first kappa shape index (κ1) is 28.9. The van der Waals surface area contributed by atoms with Gasteiger partial charge in [0.2, 0.25) is 17.7 Å². The zero-order valence-electron chi connectivity index (χ0n) is 24.8. The number of rotatable bonds is 4. The summed E-state index contributed by atoms with van der Waals surface area (Å²) in [6.45, 7) is 9.68. The van der Waals surface area contributed by atoms with Crippen molar-refractivity contribution in [2.75, 3.05) is 20.3 Å². The van der Waals surface area contributed by atoms with Crippen LogP contribution in [0.15, 0.2) is 60.3 Å². The zero-order chi connectivity index (χ0) is 30.5. The van der Waals surface area contributed by atoms with Gasteiger partial charge in [-0.2, -0.15) is 4.89 Å². The van der Waals surface area contributed by atoms with Crippen LogP contribution in [0.25, 0.3) is 11.1 Å². The van der Waals surface area contributed by atoms with Gasteiger partial charge in [-0.15, -0.1) is 6.58 Å². The van der Waals surface area contributed by atoms with Crippen LogP contribution < -0.4 is 20.8 Å². The zero-order valence-corrected chi connectivity index (χ0v) is 24.8. The van der Waals surface area contributed by atoms with Gasteiger partial charge in [0.15, 0.2) is 5.75 Å². The standard InChI is InChI=1S/C32H37N5O6/c1-6-18-15-32(18,30(40)33-5)35-28(38)25-14-20-16-37(25)29(39)27(31(2,3)4)34-17-41-43-19-11-12-22-21-9-7-8-10-23(21)26(36-42-20)24(22)13-19/h6-13,18,20,25,27,34H,1,14-17H2,2-5H3,(H,33,40)(H,35,38)/b36-26+/t18?,20-,25+,27-,32-/m1/s1. The minimum absolute atomic E-state index is 0.0721. The molecule has 226 valence electrons. The number of nitrogens with zero attached hydrogens (tertiary/aromatic N) is 2. The Bertz CT molecular complexity index is 1520. The Morgan fingerprint density at radius 3 is 2.58 bits per heavy atom. The number of nitrogens with one attached hydrogen (secondary N) is 3. The third-order valence-corrected chi connectivity index (χ3v) is 8.75. The minimum atomic E-state index is -1.08. The summed E-state index contributed by atoms with van der Waals surface area (Å²) in [5.41, 5.74) is 2.76. The number of hydrogen-bond donors (Lipinski definition) is 3. The highest BCUT2D eigenvalue weighted by Crippen LogP contribution is 2.45. The summed E-state index contributed by atoms with van der Waals surface area (Å²) in [6.07, 6.45) is 1.77. The highest BCUT2D eigenvalue weighted by Gasteiger charge is 2.60. The molecule has 43 heavy (non-hydrogen) atoms. The van der Waals surface area contributed by atoms with Crippen LogP contribution in [0.1, 0.15) is 44.7 Å². The van der Waals surface area contributed by atoms with E-state index in [-0.39, 0.29) is 37.4 Å². The van der Waals surface area contributed by atoms with Gasteiger partial charge in [-0.1, -0.05) is 56.3 Å². The summed E-state index contributed by atoms with van der Waals surface area (Å²) < 4.78 is 0. The normalized spacial score (nSPS) is 29.1. The maximum atomic E-state index is 14.1. The van der Waals surface area contributed by atoms with Crippen LogP contribution in [-0.4, -0.2) is 72.4 Å². The van der Waals surface area contributed by atoms with Gasteiger partial charge in [0.05, 0.1) is 12.6 Å². The lowest BCUT2D eigenvalue weighted by atomic mass is 9.85. The SMILES string of the molecule is C=CC1C[C@]1(NC(=O)[C@@H]1C[C@@H]2CN1C(=O)[C@H](C(C)(C)C)NCOOc1ccc3c(c1)/C(=N/O2)c1ccccc1-3)C(=O)NC. The van der Waals surface area contributed by atoms with Crippen LogP contribution >= 0.6 is 0 Å². The van der Waals surface area contributed by atoms with E-state index in [1.54, 1.807) is 6.08 Å². The Morgan fingerprint density at radius 2 is 1.88 bits per heavy atom. The quantitative estimate of drug-likeness (QED) is 0.316. The van der Waals surface area contributed by atoms with Crippen molar-refractivity contribution < 1.29 is 29.0 Å². The lowest BCUT2D eigenvalue weighted by molar-refractivity contribution is -0.215. The van der Waals surface area contributed by atoms with Crippen LogP contribution in [0, 0.1) is 11.3 Å². The number of benzene rings is 2. The number of likely N-dealkylation sites (N-methyl/N-ethyl adjacent to an activating group) is 1. The fourth-order valence-corrected chi connectivity index (χ4v) is 6.37. The average Bonchev–Trinajstić information content (AvgIpc) is 3.38. The van der Waals surface area contributed by atoms with Gasteiger partial charge >= 0.3 is 0 Å². The molecule has 4 bridgehead atoms. The molecule has 5 atom stereocenters. The van der Waals surface area contributed by atoms with E-state index < -0.39 is 35.0 Å². The smallest absolute Gasteiger partial charge is 0.246 e. The molecule has 1 saturated heterocycles. The molecule has 3 N–H and O–H groups in total. The molecule has 2 heterocycles. The van der Waals surface area contributed by atoms with Crippen molar-refractivity contribution in [3.63, 3.8) is 0 Å². The molecule has 11 nitrogen and oxygen atoms in total. The molecule has 1 saturated carbocycles. The monoisotopic (exact) mass is 587 g/mol. The fourth-order valence-electron chi connectivity index (χ4n) is 6.37. The highest BCUT2D eigenvalue weighted by molar-refractivity contribution is 6.24. The van der Waals surface area contributed by atoms with E-state index in [0.29, 0.717) is 17.9 Å². The summed E-state index contributed by atoms with van der Waals surface area (Å²) >= 11 is 0. The van der Waals surface area contributed by atoms with E-state index in [1.165, 1.54) is 11.9 Å². The number of hydrogen-bond acceptors (Lipinski definition) is 8. The van der Waals surface area contributed by atoms with Gasteiger partial charge in [-0.05, 0) is 41.2 Å². The lowest BCUT2D eigenvalue weighted by Crippen LogP contribution is -2.59. The second kappa shape index (κ2) is 10.8. The summed E-state index contributed by atoms with van der Waals surface area (Å²) in [5, 5.41) is 13.4. The largest absolute Gasteiger partial charge is 0.390 e. The van der Waals surface area contributed by atoms with Crippen LogP contribution in [-0.2, 0) is 24.1 Å². The fraction of sp³-hybridized carbons (Fsp3) is 0.438. The third-order valence-electron chi connectivity index (χ3n) is 8.75. The second-order valence-corrected chi connectivity index (χ2v) is 12.6. The maximum Gasteiger partial charge on any atom is 0.246 e. The van der Waals surface area contributed by atoms with E-state index in [4.69, 9.17) is 14.6 Å². The van der Waals surface area contributed by atoms with E-state index in [1.807, 2.05) is 63.2 Å². The molecular weight excluding hydrogens is 550 g/mol. The number of carbonyl (C=O) groups excluding carboxylic acids is 3. The molecule has 2 aliphatic heterocycles. The molecule has 2 aromatic rings. The van der Waals surface area contributed by atoms with E-state index in [0.717, 1.165) is 22.3 Å². The first-order chi connectivity index (χ1) is 20.6. The van der Waals surface area contributed by atoms with Crippen molar-refractivity contribution in [3.05, 3.63) is 66.2 Å². The summed E-state index contributed by atoms with van der Waals surface area (Å²) in [4.78, 5) is 59.5. The predicted molar refractivity (Wildman–Crippen MR) is 159 cm³/mol. The molecule has 0 spiro atoms. The van der Waals surface area contributed by atoms with Crippen molar-refractivity contribution in [1.82, 2.24) is 20.9 Å². The molecule has 0 radical (unpaired) electrons. The topological polar surface area (TPSA) is 131 Å². The summed E-state index contributed by atoms with van der Waals surface area (Å²) in [5.74, 6) is -0.711. The van der Waals surface area contributed by atoms with Crippen LogP contribution in [0.4, 0.5) is 0 Å². The number of amides is 3. The molecule has 11 heteroatoms. The summed E-state index contributed by atoms with van der Waals surface area (Å²) in [6, 6.07) is 11.9. The number of oxime groups is 1. The second-order valence-electron chi connectivity index (χ2n) is 12.6. The van der Waals surface area contributed by atoms with Crippen molar-refractivity contribution in [1.29, 1.82) is 0 Å². The molecule has 2 fully saturated rings. The van der Waals surface area contributed by atoms with Crippen LogP contribution in [0.2, 0.25) is 0 Å². The highest BCUT2D eigenvalue weighted by atomic mass is 17.2. The van der Waals surface area contributed by atoms with Gasteiger partial charge in [0.25, 0.3) is 0 Å². The Labute approximate surface area is 250 Å². The number of fused-ring (bicyclic) bond motifs is 6. The Morgan fingerprint density at radius 1 is 1.14 bits per heavy atom. The number of carbonyl (C=O) groups is 3. The Kier molecular flexibility index (Phi) is 7.26. The maximum absolute atomic E-state index is 14.1. The first-order valence-corrected chi connectivity index (χ1v) is 14.6. The lowest BCUT2D eigenvalue weighted by Gasteiger charge is -2.35. The Hall–Kier alpha value is -4.22. The molecular formula is C32H37N5O6. The molecule has 3 amide bonds. The summed E-state index contributed by atoms with van der Waals surface area (Å²) in [7, 11) is 1.53. The van der Waals surface area contributed by atoms with Crippen molar-refractivity contribution in [2.45, 2.75) is 57.3 Å². The molecule has 0 aromatic heterocycles. The molecule has 1 unspecified atom stereocenters. The van der Waals surface area contributed by atoms with E-state index >= 15 is 0 Å². The van der Waals surface area contributed by atoms with E-state index in [2.05, 4.69) is 27.7 Å². The third kappa shape index (κ3) is 5.06. The van der Waals surface area contributed by atoms with E-state index in [9.17, 15) is 14.4 Å².